The fourth-order valence-corrected chi connectivity index (χ4v) is 1.79. The van der Waals surface area contributed by atoms with Gasteiger partial charge in [-0.05, 0) is 5.82 Å². The van der Waals surface area contributed by atoms with Crippen molar-refractivity contribution in [3.05, 3.63) is 12.4 Å². The molecular weight excluding hydrogens is 249 g/mol. The van der Waals surface area contributed by atoms with Crippen LogP contribution in [0, 0.1) is 0 Å². The lowest BCUT2D eigenvalue weighted by atomic mass is 10.7. The molecule has 0 radical (unpaired) electrons. The molecular formula is C6H7F6O2P. The first-order valence-corrected chi connectivity index (χ1v) is 5.36. The lowest BCUT2D eigenvalue weighted by Gasteiger charge is -2.17. The molecule has 0 aliphatic heterocycles. The Bertz CT molecular complexity index is 268. The minimum absolute atomic E-state index is 0.270. The van der Waals surface area contributed by atoms with Gasteiger partial charge in [0.25, 0.3) is 0 Å². The van der Waals surface area contributed by atoms with E-state index in [1.165, 1.54) is 0 Å². The van der Waals surface area contributed by atoms with Crippen LogP contribution in [0.1, 0.15) is 0 Å². The molecule has 90 valence electrons. The molecule has 0 aromatic rings. The number of alkyl halides is 6. The van der Waals surface area contributed by atoms with Crippen molar-refractivity contribution in [2.45, 2.75) is 12.4 Å². The van der Waals surface area contributed by atoms with E-state index in [-0.39, 0.29) is 5.82 Å². The van der Waals surface area contributed by atoms with Crippen molar-refractivity contribution >= 4 is 7.37 Å². The Morgan fingerprint density at radius 1 is 1.13 bits per heavy atom. The number of halogens is 6. The molecule has 0 aromatic heterocycles. The summed E-state index contributed by atoms with van der Waals surface area (Å²) in [7, 11) is -4.50. The zero-order chi connectivity index (χ0) is 12.3. The Morgan fingerprint density at radius 3 is 1.87 bits per heavy atom. The van der Waals surface area contributed by atoms with Gasteiger partial charge in [0.05, 0.1) is 0 Å². The maximum atomic E-state index is 11.8. The maximum absolute atomic E-state index is 11.8. The van der Waals surface area contributed by atoms with E-state index < -0.39 is 32.5 Å². The van der Waals surface area contributed by atoms with E-state index in [2.05, 4.69) is 11.1 Å². The summed E-state index contributed by atoms with van der Waals surface area (Å²) in [6.45, 7) is 0.768. The zero-order valence-electron chi connectivity index (χ0n) is 7.23. The molecule has 0 aliphatic carbocycles. The second kappa shape index (κ2) is 4.57. The summed E-state index contributed by atoms with van der Waals surface area (Å²) in [6.07, 6.45) is -11.6. The Kier molecular flexibility index (Phi) is 4.42. The van der Waals surface area contributed by atoms with Crippen molar-refractivity contribution in [3.8, 4) is 0 Å². The molecule has 0 saturated heterocycles. The van der Waals surface area contributed by atoms with Crippen molar-refractivity contribution in [1.29, 1.82) is 0 Å². The van der Waals surface area contributed by atoms with Crippen LogP contribution in [-0.4, -0.2) is 25.1 Å². The minimum Gasteiger partial charge on any atom is -0.316 e. The largest absolute Gasteiger partial charge is 0.412 e. The molecule has 0 heterocycles. The summed E-state index contributed by atoms with van der Waals surface area (Å²) in [6, 6.07) is 0. The van der Waals surface area contributed by atoms with Gasteiger partial charge < -0.3 is 4.52 Å². The van der Waals surface area contributed by atoms with Crippen LogP contribution in [0.15, 0.2) is 12.4 Å². The Hall–Kier alpha value is -0.490. The van der Waals surface area contributed by atoms with E-state index in [0.717, 1.165) is 0 Å². The summed E-state index contributed by atoms with van der Waals surface area (Å²) in [5.41, 5.74) is 0. The quantitative estimate of drug-likeness (QED) is 0.568. The predicted molar refractivity (Wildman–Crippen MR) is 40.7 cm³/mol. The van der Waals surface area contributed by atoms with E-state index in [9.17, 15) is 30.9 Å². The Morgan fingerprint density at radius 2 is 1.60 bits per heavy atom. The van der Waals surface area contributed by atoms with Crippen LogP contribution in [0.4, 0.5) is 26.3 Å². The van der Waals surface area contributed by atoms with Crippen molar-refractivity contribution in [2.24, 2.45) is 0 Å². The van der Waals surface area contributed by atoms with E-state index in [4.69, 9.17) is 0 Å². The van der Waals surface area contributed by atoms with Gasteiger partial charge in [0, 0.05) is 0 Å². The molecule has 0 bridgehead atoms. The molecule has 9 heteroatoms. The first-order valence-electron chi connectivity index (χ1n) is 3.48. The van der Waals surface area contributed by atoms with E-state index in [0.29, 0.717) is 0 Å². The van der Waals surface area contributed by atoms with Gasteiger partial charge in [-0.15, -0.1) is 0 Å². The summed E-state index contributed by atoms with van der Waals surface area (Å²) in [5.74, 6) is 0.270. The van der Waals surface area contributed by atoms with Crippen LogP contribution in [0.3, 0.4) is 0 Å². The Labute approximate surface area is 81.4 Å². The van der Waals surface area contributed by atoms with Crippen molar-refractivity contribution < 1.29 is 35.4 Å². The molecule has 0 spiro atoms. The van der Waals surface area contributed by atoms with Gasteiger partial charge in [-0.1, -0.05) is 6.58 Å². The van der Waals surface area contributed by atoms with Crippen LogP contribution >= 0.6 is 7.37 Å². The fourth-order valence-electron chi connectivity index (χ4n) is 0.595. The molecule has 1 unspecified atom stereocenters. The topological polar surface area (TPSA) is 26.3 Å². The van der Waals surface area contributed by atoms with Gasteiger partial charge in [-0.2, -0.15) is 26.3 Å². The first kappa shape index (κ1) is 14.5. The molecule has 0 saturated carbocycles. The average molecular weight is 256 g/mol. The molecule has 2 nitrogen and oxygen atoms in total. The van der Waals surface area contributed by atoms with Crippen molar-refractivity contribution in [2.75, 3.05) is 12.8 Å². The average Bonchev–Trinajstić information content (AvgIpc) is 1.97. The van der Waals surface area contributed by atoms with Gasteiger partial charge in [-0.3, -0.25) is 4.57 Å². The van der Waals surface area contributed by atoms with E-state index in [1.54, 1.807) is 0 Å². The molecule has 0 rings (SSSR count). The predicted octanol–water partition coefficient (Wildman–Crippen LogP) is 3.55. The smallest absolute Gasteiger partial charge is 0.316 e. The number of hydrogen-bond donors (Lipinski definition) is 0. The van der Waals surface area contributed by atoms with Crippen molar-refractivity contribution in [1.82, 2.24) is 0 Å². The number of hydrogen-bond acceptors (Lipinski definition) is 2. The van der Waals surface area contributed by atoms with Crippen molar-refractivity contribution in [3.63, 3.8) is 0 Å². The summed E-state index contributed by atoms with van der Waals surface area (Å²) in [5, 5.41) is 0. The molecule has 0 aliphatic rings. The lowest BCUT2D eigenvalue weighted by Crippen LogP contribution is -2.20. The van der Waals surface area contributed by atoms with Gasteiger partial charge >= 0.3 is 12.4 Å². The normalized spacial score (nSPS) is 17.2. The highest BCUT2D eigenvalue weighted by Crippen LogP contribution is 2.52. The van der Waals surface area contributed by atoms with Crippen LogP contribution in [-0.2, 0) is 9.09 Å². The highest BCUT2D eigenvalue weighted by Gasteiger charge is 2.40. The minimum atomic E-state index is -4.87. The Balaban J connectivity index is 4.47. The summed E-state index contributed by atoms with van der Waals surface area (Å²) >= 11 is 0. The highest BCUT2D eigenvalue weighted by molar-refractivity contribution is 7.62. The van der Waals surface area contributed by atoms with Crippen LogP contribution in [0.2, 0.25) is 0 Å². The van der Waals surface area contributed by atoms with Gasteiger partial charge in [0.2, 0.25) is 7.37 Å². The molecule has 0 fully saturated rings. The molecule has 15 heavy (non-hydrogen) atoms. The van der Waals surface area contributed by atoms with Crippen LogP contribution < -0.4 is 0 Å². The van der Waals surface area contributed by atoms with Gasteiger partial charge in [-0.25, -0.2) is 0 Å². The van der Waals surface area contributed by atoms with Crippen LogP contribution in [0.5, 0.6) is 0 Å². The zero-order valence-corrected chi connectivity index (χ0v) is 8.12. The molecule has 0 aromatic carbocycles. The molecule has 1 atom stereocenters. The standard InChI is InChI=1S/C6H7F6O2P/c1-2-15(13,4-6(10,11)12)14-3-5(7,8)9/h2H,1,3-4H2. The fraction of sp³-hybridized carbons (Fsp3) is 0.667. The monoisotopic (exact) mass is 256 g/mol. The van der Waals surface area contributed by atoms with Gasteiger partial charge in [0.1, 0.15) is 6.16 Å². The molecule has 0 amide bonds. The van der Waals surface area contributed by atoms with E-state index in [1.807, 2.05) is 0 Å². The first-order chi connectivity index (χ1) is 6.47. The highest BCUT2D eigenvalue weighted by atomic mass is 31.2. The number of rotatable bonds is 4. The third-order valence-electron chi connectivity index (χ3n) is 1.12. The van der Waals surface area contributed by atoms with E-state index >= 15 is 0 Å². The third-order valence-corrected chi connectivity index (χ3v) is 3.05. The maximum Gasteiger partial charge on any atom is 0.412 e. The second-order valence-electron chi connectivity index (χ2n) is 2.57. The molecule has 0 N–H and O–H groups in total. The second-order valence-corrected chi connectivity index (χ2v) is 4.96. The SMILES string of the molecule is C=CP(=O)(CC(F)(F)F)OCC(F)(F)F. The van der Waals surface area contributed by atoms with Gasteiger partial charge in [0.15, 0.2) is 6.61 Å². The van der Waals surface area contributed by atoms with Crippen LogP contribution in [0.25, 0.3) is 0 Å². The summed E-state index contributed by atoms with van der Waals surface area (Å²) < 4.78 is 84.9. The summed E-state index contributed by atoms with van der Waals surface area (Å²) in [4.78, 5) is 0. The third kappa shape index (κ3) is 7.44. The lowest BCUT2D eigenvalue weighted by molar-refractivity contribution is -0.154.